The molecule has 3 heteroatoms. The Morgan fingerprint density at radius 2 is 0.642 bits per heavy atom. The van der Waals surface area contributed by atoms with Gasteiger partial charge in [-0.25, -0.2) is 9.97 Å². The van der Waals surface area contributed by atoms with E-state index in [9.17, 15) is 0 Å². The van der Waals surface area contributed by atoms with Crippen LogP contribution in [0.5, 0.6) is 0 Å². The maximum Gasteiger partial charge on any atom is 0.160 e. The van der Waals surface area contributed by atoms with Crippen molar-refractivity contribution >= 4 is 0 Å². The summed E-state index contributed by atoms with van der Waals surface area (Å²) in [4.78, 5) is 15.0. The highest BCUT2D eigenvalue weighted by Crippen LogP contribution is 2.63. The number of benzene rings is 9. The van der Waals surface area contributed by atoms with Crippen molar-refractivity contribution in [3.63, 3.8) is 0 Å². The molecule has 2 aromatic heterocycles. The molecule has 2 aliphatic rings. The average molecular weight is 852 g/mol. The van der Waals surface area contributed by atoms with Crippen LogP contribution in [0, 0.1) is 0 Å². The van der Waals surface area contributed by atoms with E-state index in [0.29, 0.717) is 5.82 Å². The first-order valence-corrected chi connectivity index (χ1v) is 22.9. The van der Waals surface area contributed by atoms with Gasteiger partial charge < -0.3 is 0 Å². The molecule has 0 bridgehead atoms. The van der Waals surface area contributed by atoms with E-state index < -0.39 is 0 Å². The van der Waals surface area contributed by atoms with Gasteiger partial charge in [0.05, 0.1) is 22.5 Å². The van der Waals surface area contributed by atoms with Crippen molar-refractivity contribution < 1.29 is 0 Å². The zero-order valence-corrected chi connectivity index (χ0v) is 36.5. The fourth-order valence-electron chi connectivity index (χ4n) is 10.7. The number of hydrogen-bond donors (Lipinski definition) is 0. The van der Waals surface area contributed by atoms with E-state index in [4.69, 9.17) is 15.0 Å². The van der Waals surface area contributed by atoms with Gasteiger partial charge >= 0.3 is 0 Å². The molecular formula is C64H41N3. The van der Waals surface area contributed by atoms with Crippen LogP contribution in [0.3, 0.4) is 0 Å². The highest BCUT2D eigenvalue weighted by molar-refractivity contribution is 5.96. The number of fused-ring (bicyclic) bond motifs is 10. The molecule has 0 unspecified atom stereocenters. The standard InChI is InChI=1S/C64H41N3/c1-3-16-42(17-4-1)60-35-33-51(41-65-60)62-40-61(66-63(67-62)43-18-5-2-6-19-43)50-25-15-24-48(38-50)46-22-13-20-44(36-46)45-21-14-23-47(37-45)49-32-34-55-54-28-9-12-31-58(54)64(59(55)39-49)56-29-10-7-26-52(56)53-27-8-11-30-57(53)64/h1-41H. The zero-order chi connectivity index (χ0) is 44.3. The van der Waals surface area contributed by atoms with E-state index in [1.807, 2.05) is 42.6 Å². The largest absolute Gasteiger partial charge is 0.256 e. The quantitative estimate of drug-likeness (QED) is 0.160. The normalized spacial score (nSPS) is 12.6. The second kappa shape index (κ2) is 15.7. The van der Waals surface area contributed by atoms with Crippen LogP contribution in [0.25, 0.3) is 101 Å². The Hall–Kier alpha value is -8.79. The number of hydrogen-bond acceptors (Lipinski definition) is 3. The van der Waals surface area contributed by atoms with Crippen LogP contribution in [-0.2, 0) is 5.41 Å². The Bertz CT molecular complexity index is 3620. The van der Waals surface area contributed by atoms with Crippen molar-refractivity contribution in [3.05, 3.63) is 271 Å². The second-order valence-corrected chi connectivity index (χ2v) is 17.5. The summed E-state index contributed by atoms with van der Waals surface area (Å²) in [6, 6.07) is 87.4. The summed E-state index contributed by atoms with van der Waals surface area (Å²) in [5.74, 6) is 0.675. The van der Waals surface area contributed by atoms with Crippen molar-refractivity contribution in [1.82, 2.24) is 15.0 Å². The molecule has 67 heavy (non-hydrogen) atoms. The topological polar surface area (TPSA) is 38.7 Å². The van der Waals surface area contributed by atoms with Gasteiger partial charge in [0.25, 0.3) is 0 Å². The van der Waals surface area contributed by atoms with Gasteiger partial charge in [-0.15, -0.1) is 0 Å². The lowest BCUT2D eigenvalue weighted by Gasteiger charge is -2.30. The molecule has 1 spiro atoms. The Labute approximate surface area is 390 Å². The number of aromatic nitrogens is 3. The molecular weight excluding hydrogens is 811 g/mol. The van der Waals surface area contributed by atoms with Crippen molar-refractivity contribution in [1.29, 1.82) is 0 Å². The van der Waals surface area contributed by atoms with Crippen molar-refractivity contribution in [3.8, 4) is 101 Å². The van der Waals surface area contributed by atoms with Crippen LogP contribution in [-0.4, -0.2) is 15.0 Å². The smallest absolute Gasteiger partial charge is 0.160 e. The number of pyridine rings is 1. The fourth-order valence-corrected chi connectivity index (χ4v) is 10.7. The lowest BCUT2D eigenvalue weighted by atomic mass is 9.70. The van der Waals surface area contributed by atoms with Crippen LogP contribution >= 0.6 is 0 Å². The number of rotatable bonds is 7. The van der Waals surface area contributed by atoms with Crippen molar-refractivity contribution in [2.24, 2.45) is 0 Å². The highest BCUT2D eigenvalue weighted by atomic mass is 14.9. The lowest BCUT2D eigenvalue weighted by molar-refractivity contribution is 0.794. The molecule has 2 aliphatic carbocycles. The van der Waals surface area contributed by atoms with Crippen LogP contribution in [0.2, 0.25) is 0 Å². The average Bonchev–Trinajstić information content (AvgIpc) is 3.88. The van der Waals surface area contributed by atoms with Gasteiger partial charge in [0.2, 0.25) is 0 Å². The molecule has 0 saturated carbocycles. The SMILES string of the molecule is c1ccc(-c2ccc(-c3cc(-c4cccc(-c5cccc(-c6cccc(-c7ccc8c(c7)C7(c9ccccc9-c9ccccc97)c7ccccc7-8)c6)c5)c4)nc(-c4ccccc4)n3)cn2)cc1. The molecule has 0 saturated heterocycles. The molecule has 9 aromatic carbocycles. The molecule has 13 rings (SSSR count). The predicted octanol–water partition coefficient (Wildman–Crippen LogP) is 15.9. The van der Waals surface area contributed by atoms with Gasteiger partial charge in [0, 0.05) is 28.5 Å². The summed E-state index contributed by atoms with van der Waals surface area (Å²) in [6.07, 6.45) is 1.91. The Balaban J connectivity index is 0.857. The molecule has 0 fully saturated rings. The van der Waals surface area contributed by atoms with E-state index in [1.54, 1.807) is 0 Å². The van der Waals surface area contributed by atoms with E-state index in [1.165, 1.54) is 61.2 Å². The predicted molar refractivity (Wildman–Crippen MR) is 274 cm³/mol. The van der Waals surface area contributed by atoms with Gasteiger partial charge in [-0.3, -0.25) is 4.98 Å². The summed E-state index contributed by atoms with van der Waals surface area (Å²) in [7, 11) is 0. The monoisotopic (exact) mass is 851 g/mol. The lowest BCUT2D eigenvalue weighted by Crippen LogP contribution is -2.25. The van der Waals surface area contributed by atoms with Crippen LogP contribution in [0.4, 0.5) is 0 Å². The Morgan fingerprint density at radius 1 is 0.239 bits per heavy atom. The van der Waals surface area contributed by atoms with Crippen LogP contribution in [0.1, 0.15) is 22.3 Å². The van der Waals surface area contributed by atoms with Crippen LogP contribution < -0.4 is 0 Å². The van der Waals surface area contributed by atoms with E-state index in [-0.39, 0.29) is 5.41 Å². The third-order valence-corrected chi connectivity index (χ3v) is 13.8. The Morgan fingerprint density at radius 3 is 1.16 bits per heavy atom. The molecule has 0 atom stereocenters. The molecule has 312 valence electrons. The highest BCUT2D eigenvalue weighted by Gasteiger charge is 2.51. The third-order valence-electron chi connectivity index (χ3n) is 13.8. The van der Waals surface area contributed by atoms with Gasteiger partial charge in [0.15, 0.2) is 5.82 Å². The molecule has 2 heterocycles. The first-order chi connectivity index (χ1) is 33.2. The summed E-state index contributed by atoms with van der Waals surface area (Å²) in [6.45, 7) is 0. The van der Waals surface area contributed by atoms with Gasteiger partial charge in [-0.05, 0) is 120 Å². The second-order valence-electron chi connectivity index (χ2n) is 17.5. The Kier molecular flexibility index (Phi) is 9.07. The minimum atomic E-state index is -0.378. The number of nitrogens with zero attached hydrogens (tertiary/aromatic N) is 3. The van der Waals surface area contributed by atoms with Crippen LogP contribution in [0.15, 0.2) is 249 Å². The molecule has 0 aliphatic heterocycles. The van der Waals surface area contributed by atoms with Crippen molar-refractivity contribution in [2.75, 3.05) is 0 Å². The summed E-state index contributed by atoms with van der Waals surface area (Å²) >= 11 is 0. The fraction of sp³-hybridized carbons (Fsp3) is 0.0156. The maximum absolute atomic E-state index is 5.15. The third kappa shape index (κ3) is 6.39. The molecule has 0 radical (unpaired) electrons. The van der Waals surface area contributed by atoms with Crippen molar-refractivity contribution in [2.45, 2.75) is 5.41 Å². The van der Waals surface area contributed by atoms with Gasteiger partial charge in [0.1, 0.15) is 0 Å². The van der Waals surface area contributed by atoms with E-state index >= 15 is 0 Å². The molecule has 0 amide bonds. The molecule has 11 aromatic rings. The first-order valence-electron chi connectivity index (χ1n) is 22.9. The zero-order valence-electron chi connectivity index (χ0n) is 36.5. The van der Waals surface area contributed by atoms with Gasteiger partial charge in [-0.2, -0.15) is 0 Å². The molecule has 0 N–H and O–H groups in total. The summed E-state index contributed by atoms with van der Waals surface area (Å²) in [5, 5.41) is 0. The summed E-state index contributed by atoms with van der Waals surface area (Å²) < 4.78 is 0. The molecule has 3 nitrogen and oxygen atoms in total. The maximum atomic E-state index is 5.15. The minimum absolute atomic E-state index is 0.378. The van der Waals surface area contributed by atoms with E-state index in [2.05, 4.69) is 206 Å². The van der Waals surface area contributed by atoms with E-state index in [0.717, 1.165) is 56.0 Å². The minimum Gasteiger partial charge on any atom is -0.256 e. The first kappa shape index (κ1) is 38.6. The summed E-state index contributed by atoms with van der Waals surface area (Å²) in [5.41, 5.74) is 23.9. The van der Waals surface area contributed by atoms with Gasteiger partial charge in [-0.1, -0.05) is 200 Å².